The summed E-state index contributed by atoms with van der Waals surface area (Å²) in [6, 6.07) is 9.99. The molecule has 1 rings (SSSR count). The van der Waals surface area contributed by atoms with Crippen LogP contribution in [-0.4, -0.2) is 17.6 Å². The second-order valence-corrected chi connectivity index (χ2v) is 4.66. The fourth-order valence-electron chi connectivity index (χ4n) is 1.36. The first-order valence-electron chi connectivity index (χ1n) is 5.66. The van der Waals surface area contributed by atoms with Gasteiger partial charge in [-0.05, 0) is 12.0 Å². The van der Waals surface area contributed by atoms with E-state index in [1.807, 2.05) is 44.2 Å². The van der Waals surface area contributed by atoms with E-state index in [9.17, 15) is 0 Å². The molecule has 0 aliphatic carbocycles. The molecule has 0 atom stereocenters. The molecule has 94 valence electrons. The van der Waals surface area contributed by atoms with Crippen LogP contribution in [0.25, 0.3) is 0 Å². The van der Waals surface area contributed by atoms with Gasteiger partial charge in [0.05, 0.1) is 6.61 Å². The van der Waals surface area contributed by atoms with Crippen molar-refractivity contribution in [2.45, 2.75) is 26.9 Å². The van der Waals surface area contributed by atoms with Crippen LogP contribution in [0.3, 0.4) is 0 Å². The second-order valence-electron chi connectivity index (χ2n) is 4.66. The van der Waals surface area contributed by atoms with Crippen LogP contribution in [0.1, 0.15) is 25.8 Å². The molecule has 1 aromatic carbocycles. The fourth-order valence-corrected chi connectivity index (χ4v) is 1.36. The van der Waals surface area contributed by atoms with E-state index in [0.717, 1.165) is 12.0 Å². The molecule has 0 aliphatic heterocycles. The van der Waals surface area contributed by atoms with Crippen LogP contribution in [0.5, 0.6) is 0 Å². The Hall–Kier alpha value is -1.55. The Kier molecular flexibility index (Phi) is 4.97. The van der Waals surface area contributed by atoms with Crippen molar-refractivity contribution >= 4 is 5.84 Å². The van der Waals surface area contributed by atoms with Gasteiger partial charge in [0, 0.05) is 12.0 Å². The number of ether oxygens (including phenoxy) is 1. The Morgan fingerprint density at radius 2 is 2.00 bits per heavy atom. The largest absolute Gasteiger partial charge is 0.409 e. The maximum absolute atomic E-state index is 8.63. The summed E-state index contributed by atoms with van der Waals surface area (Å²) in [5.74, 6) is 0.237. The van der Waals surface area contributed by atoms with Gasteiger partial charge in [0.1, 0.15) is 5.84 Å². The number of oxime groups is 1. The fraction of sp³-hybridized carbons (Fsp3) is 0.462. The first-order valence-corrected chi connectivity index (χ1v) is 5.66. The zero-order chi connectivity index (χ0) is 12.7. The van der Waals surface area contributed by atoms with Crippen LogP contribution in [0.15, 0.2) is 35.5 Å². The Morgan fingerprint density at radius 1 is 1.35 bits per heavy atom. The van der Waals surface area contributed by atoms with Crippen LogP contribution in [-0.2, 0) is 11.3 Å². The Labute approximate surface area is 102 Å². The van der Waals surface area contributed by atoms with Crippen molar-refractivity contribution in [3.8, 4) is 0 Å². The van der Waals surface area contributed by atoms with Gasteiger partial charge in [0.25, 0.3) is 0 Å². The van der Waals surface area contributed by atoms with E-state index in [4.69, 9.17) is 15.7 Å². The highest BCUT2D eigenvalue weighted by atomic mass is 16.5. The highest BCUT2D eigenvalue weighted by molar-refractivity contribution is 5.85. The van der Waals surface area contributed by atoms with Crippen molar-refractivity contribution < 1.29 is 9.94 Å². The molecule has 0 bridgehead atoms. The average molecular weight is 236 g/mol. The van der Waals surface area contributed by atoms with Crippen molar-refractivity contribution in [2.24, 2.45) is 16.3 Å². The van der Waals surface area contributed by atoms with Crippen molar-refractivity contribution in [1.82, 2.24) is 0 Å². The van der Waals surface area contributed by atoms with Gasteiger partial charge >= 0.3 is 0 Å². The predicted molar refractivity (Wildman–Crippen MR) is 67.9 cm³/mol. The monoisotopic (exact) mass is 236 g/mol. The molecule has 0 aliphatic rings. The lowest BCUT2D eigenvalue weighted by Gasteiger charge is -2.22. The van der Waals surface area contributed by atoms with Crippen molar-refractivity contribution in [3.63, 3.8) is 0 Å². The molecule has 0 fully saturated rings. The smallest absolute Gasteiger partial charge is 0.144 e. The van der Waals surface area contributed by atoms with Gasteiger partial charge in [-0.2, -0.15) is 0 Å². The van der Waals surface area contributed by atoms with Gasteiger partial charge in [-0.1, -0.05) is 49.3 Å². The van der Waals surface area contributed by atoms with Crippen LogP contribution in [0.2, 0.25) is 0 Å². The Balaban J connectivity index is 2.29. The summed E-state index contributed by atoms with van der Waals surface area (Å²) >= 11 is 0. The lowest BCUT2D eigenvalue weighted by Crippen LogP contribution is -2.33. The van der Waals surface area contributed by atoms with E-state index in [1.54, 1.807) is 0 Å². The number of benzene rings is 1. The van der Waals surface area contributed by atoms with E-state index in [2.05, 4.69) is 5.16 Å². The standard InChI is InChI=1S/C13H20N2O2/c1-13(2,12(14)15-16)8-9-17-10-11-6-4-3-5-7-11/h3-7,16H,8-10H2,1-2H3,(H2,14,15). The number of hydrogen-bond donors (Lipinski definition) is 2. The molecule has 0 aromatic heterocycles. The minimum atomic E-state index is -0.342. The zero-order valence-corrected chi connectivity index (χ0v) is 10.4. The third kappa shape index (κ3) is 4.44. The van der Waals surface area contributed by atoms with E-state index in [1.165, 1.54) is 0 Å². The lowest BCUT2D eigenvalue weighted by molar-refractivity contribution is 0.103. The van der Waals surface area contributed by atoms with E-state index < -0.39 is 0 Å². The molecule has 3 N–H and O–H groups in total. The molecular formula is C13H20N2O2. The molecule has 17 heavy (non-hydrogen) atoms. The van der Waals surface area contributed by atoms with Gasteiger partial charge in [-0.25, -0.2) is 0 Å². The van der Waals surface area contributed by atoms with Crippen molar-refractivity contribution in [3.05, 3.63) is 35.9 Å². The second kappa shape index (κ2) is 6.25. The molecule has 0 radical (unpaired) electrons. The first-order chi connectivity index (χ1) is 8.06. The summed E-state index contributed by atoms with van der Waals surface area (Å²) in [5.41, 5.74) is 6.39. The van der Waals surface area contributed by atoms with Gasteiger partial charge in [-0.3, -0.25) is 0 Å². The summed E-state index contributed by atoms with van der Waals surface area (Å²) in [4.78, 5) is 0. The molecular weight excluding hydrogens is 216 g/mol. The summed E-state index contributed by atoms with van der Waals surface area (Å²) < 4.78 is 5.56. The van der Waals surface area contributed by atoms with Crippen LogP contribution in [0.4, 0.5) is 0 Å². The quantitative estimate of drug-likeness (QED) is 0.262. The molecule has 0 heterocycles. The zero-order valence-electron chi connectivity index (χ0n) is 10.4. The lowest BCUT2D eigenvalue weighted by atomic mass is 9.88. The normalized spacial score (nSPS) is 12.7. The molecule has 1 aromatic rings. The van der Waals surface area contributed by atoms with Gasteiger partial charge in [-0.15, -0.1) is 0 Å². The third-order valence-corrected chi connectivity index (χ3v) is 2.78. The molecule has 0 amide bonds. The SMILES string of the molecule is CC(C)(CCOCc1ccccc1)C(N)=NO. The Bertz CT molecular complexity index is 361. The molecule has 4 heteroatoms. The highest BCUT2D eigenvalue weighted by Crippen LogP contribution is 2.20. The first kappa shape index (κ1) is 13.5. The molecule has 4 nitrogen and oxygen atoms in total. The number of amidine groups is 1. The van der Waals surface area contributed by atoms with Gasteiger partial charge < -0.3 is 15.7 Å². The van der Waals surface area contributed by atoms with E-state index in [-0.39, 0.29) is 11.3 Å². The Morgan fingerprint density at radius 3 is 2.59 bits per heavy atom. The highest BCUT2D eigenvalue weighted by Gasteiger charge is 2.23. The number of nitrogens with zero attached hydrogens (tertiary/aromatic N) is 1. The number of hydrogen-bond acceptors (Lipinski definition) is 3. The molecule has 0 saturated heterocycles. The summed E-state index contributed by atoms with van der Waals surface area (Å²) in [7, 11) is 0. The molecule has 0 unspecified atom stereocenters. The summed E-state index contributed by atoms with van der Waals surface area (Å²) in [5, 5.41) is 11.7. The van der Waals surface area contributed by atoms with Crippen LogP contribution < -0.4 is 5.73 Å². The van der Waals surface area contributed by atoms with Crippen molar-refractivity contribution in [1.29, 1.82) is 0 Å². The van der Waals surface area contributed by atoms with Crippen LogP contribution >= 0.6 is 0 Å². The topological polar surface area (TPSA) is 67.8 Å². The van der Waals surface area contributed by atoms with E-state index in [0.29, 0.717) is 13.2 Å². The predicted octanol–water partition coefficient (Wildman–Crippen LogP) is 2.37. The van der Waals surface area contributed by atoms with Gasteiger partial charge in [0.2, 0.25) is 0 Å². The average Bonchev–Trinajstić information content (AvgIpc) is 2.35. The van der Waals surface area contributed by atoms with Crippen molar-refractivity contribution in [2.75, 3.05) is 6.61 Å². The minimum Gasteiger partial charge on any atom is -0.409 e. The van der Waals surface area contributed by atoms with Gasteiger partial charge in [0.15, 0.2) is 0 Å². The molecule has 0 saturated carbocycles. The third-order valence-electron chi connectivity index (χ3n) is 2.78. The number of rotatable bonds is 6. The summed E-state index contributed by atoms with van der Waals surface area (Å²) in [6.07, 6.45) is 0.718. The molecule has 0 spiro atoms. The number of nitrogens with two attached hydrogens (primary N) is 1. The van der Waals surface area contributed by atoms with E-state index >= 15 is 0 Å². The summed E-state index contributed by atoms with van der Waals surface area (Å²) in [6.45, 7) is 5.02. The maximum Gasteiger partial charge on any atom is 0.144 e. The minimum absolute atomic E-state index is 0.237. The maximum atomic E-state index is 8.63. The van der Waals surface area contributed by atoms with Crippen LogP contribution in [0, 0.1) is 5.41 Å².